The predicted molar refractivity (Wildman–Crippen MR) is 215 cm³/mol. The summed E-state index contributed by atoms with van der Waals surface area (Å²) in [6, 6.07) is 32.1. The SMILES string of the molecule is Cc1ccc(-c2ccc(OC(=O)C3(C)C=C(C(=O)Oc4ccc(-c5ccc(Br)cn5)cc4)C=C(C(=O)Oc4ccc(-c5ccc(Br)cn5)cc4)C3)cc2)nc1. The summed E-state index contributed by atoms with van der Waals surface area (Å²) in [7, 11) is 0. The van der Waals surface area contributed by atoms with Crippen molar-refractivity contribution >= 4 is 49.8 Å². The lowest BCUT2D eigenvalue weighted by atomic mass is 9.77. The highest BCUT2D eigenvalue weighted by atomic mass is 79.9. The predicted octanol–water partition coefficient (Wildman–Crippen LogP) is 10.1. The van der Waals surface area contributed by atoms with E-state index in [9.17, 15) is 14.4 Å². The summed E-state index contributed by atoms with van der Waals surface area (Å²) in [6.07, 6.45) is 7.95. The number of rotatable bonds is 9. The summed E-state index contributed by atoms with van der Waals surface area (Å²) in [5, 5.41) is 0. The third kappa shape index (κ3) is 9.02. The highest BCUT2D eigenvalue weighted by Crippen LogP contribution is 2.37. The van der Waals surface area contributed by atoms with Crippen molar-refractivity contribution < 1.29 is 28.6 Å². The van der Waals surface area contributed by atoms with Crippen molar-refractivity contribution in [1.29, 1.82) is 0 Å². The van der Waals surface area contributed by atoms with Crippen LogP contribution < -0.4 is 14.2 Å². The van der Waals surface area contributed by atoms with Gasteiger partial charge >= 0.3 is 17.9 Å². The molecule has 1 aliphatic carbocycles. The van der Waals surface area contributed by atoms with Crippen LogP contribution in [0.3, 0.4) is 0 Å². The monoisotopic (exact) mass is 855 g/mol. The summed E-state index contributed by atoms with van der Waals surface area (Å²) in [5.41, 5.74) is 4.47. The Morgan fingerprint density at radius 2 is 1.00 bits per heavy atom. The van der Waals surface area contributed by atoms with Crippen molar-refractivity contribution in [1.82, 2.24) is 15.0 Å². The summed E-state index contributed by atoms with van der Waals surface area (Å²) >= 11 is 6.78. The quantitative estimate of drug-likeness (QED) is 0.103. The number of aryl methyl sites for hydroxylation is 1. The zero-order valence-electron chi connectivity index (χ0n) is 29.5. The number of hydrogen-bond donors (Lipinski definition) is 0. The van der Waals surface area contributed by atoms with E-state index in [0.717, 1.165) is 48.3 Å². The van der Waals surface area contributed by atoms with Crippen molar-refractivity contribution in [3.8, 4) is 51.0 Å². The number of halogens is 2. The molecule has 1 aliphatic rings. The summed E-state index contributed by atoms with van der Waals surface area (Å²) in [4.78, 5) is 54.5. The van der Waals surface area contributed by atoms with Gasteiger partial charge in [-0.05, 0) is 167 Å². The first kappa shape index (κ1) is 37.3. The number of hydrogen-bond acceptors (Lipinski definition) is 9. The van der Waals surface area contributed by atoms with Crippen LogP contribution in [0.1, 0.15) is 18.9 Å². The molecule has 3 aromatic heterocycles. The Morgan fingerprint density at radius 3 is 1.44 bits per heavy atom. The van der Waals surface area contributed by atoms with Crippen LogP contribution >= 0.6 is 31.9 Å². The topological polar surface area (TPSA) is 118 Å². The minimum Gasteiger partial charge on any atom is -0.426 e. The van der Waals surface area contributed by atoms with Crippen LogP contribution in [0.15, 0.2) is 160 Å². The van der Waals surface area contributed by atoms with Gasteiger partial charge < -0.3 is 14.2 Å². The van der Waals surface area contributed by atoms with Gasteiger partial charge in [-0.2, -0.15) is 0 Å². The number of nitrogens with zero attached hydrogens (tertiary/aromatic N) is 3. The van der Waals surface area contributed by atoms with Gasteiger partial charge in [-0.1, -0.05) is 12.1 Å². The molecule has 0 bridgehead atoms. The second kappa shape index (κ2) is 16.1. The fourth-order valence-electron chi connectivity index (χ4n) is 5.83. The second-order valence-corrected chi connectivity index (χ2v) is 14.9. The average molecular weight is 858 g/mol. The number of aromatic nitrogens is 3. The Morgan fingerprint density at radius 1 is 0.564 bits per heavy atom. The molecule has 11 heteroatoms. The molecule has 0 saturated carbocycles. The molecule has 272 valence electrons. The van der Waals surface area contributed by atoms with Crippen LogP contribution in [-0.2, 0) is 14.4 Å². The fourth-order valence-corrected chi connectivity index (χ4v) is 6.29. The van der Waals surface area contributed by atoms with E-state index in [1.165, 1.54) is 12.2 Å². The first-order valence-electron chi connectivity index (χ1n) is 17.1. The van der Waals surface area contributed by atoms with Gasteiger partial charge in [0.05, 0.1) is 28.1 Å². The largest absolute Gasteiger partial charge is 0.426 e. The summed E-state index contributed by atoms with van der Waals surface area (Å²) < 4.78 is 19.0. The van der Waals surface area contributed by atoms with Gasteiger partial charge in [0.25, 0.3) is 0 Å². The smallest absolute Gasteiger partial charge is 0.343 e. The van der Waals surface area contributed by atoms with Crippen molar-refractivity contribution in [3.63, 3.8) is 0 Å². The number of esters is 3. The Labute approximate surface area is 334 Å². The molecule has 1 atom stereocenters. The first-order chi connectivity index (χ1) is 26.5. The molecule has 0 N–H and O–H groups in total. The van der Waals surface area contributed by atoms with Crippen LogP contribution in [0.5, 0.6) is 17.2 Å². The number of benzene rings is 3. The van der Waals surface area contributed by atoms with Gasteiger partial charge in [0.15, 0.2) is 0 Å². The molecule has 9 nitrogen and oxygen atoms in total. The van der Waals surface area contributed by atoms with Crippen LogP contribution in [0.25, 0.3) is 33.8 Å². The molecule has 0 fully saturated rings. The molecule has 6 aromatic rings. The van der Waals surface area contributed by atoms with E-state index < -0.39 is 23.3 Å². The van der Waals surface area contributed by atoms with E-state index in [1.807, 2.05) is 43.3 Å². The van der Waals surface area contributed by atoms with Gasteiger partial charge in [0.2, 0.25) is 0 Å². The molecule has 1 unspecified atom stereocenters. The van der Waals surface area contributed by atoms with Gasteiger partial charge in [-0.15, -0.1) is 0 Å². The molecular weight excluding hydrogens is 826 g/mol. The van der Waals surface area contributed by atoms with Gasteiger partial charge in [-0.25, -0.2) is 9.59 Å². The normalized spacial score (nSPS) is 15.0. The Kier molecular flexibility index (Phi) is 10.9. The van der Waals surface area contributed by atoms with Crippen LogP contribution in [0.4, 0.5) is 0 Å². The van der Waals surface area contributed by atoms with E-state index in [4.69, 9.17) is 14.2 Å². The molecule has 0 amide bonds. The number of ether oxygens (including phenoxy) is 3. The van der Waals surface area contributed by atoms with Crippen LogP contribution in [0, 0.1) is 12.3 Å². The lowest BCUT2D eigenvalue weighted by molar-refractivity contribution is -0.142. The molecule has 0 saturated heterocycles. The Bertz CT molecular complexity index is 2430. The van der Waals surface area contributed by atoms with E-state index in [2.05, 4.69) is 46.8 Å². The highest BCUT2D eigenvalue weighted by Gasteiger charge is 2.40. The third-order valence-electron chi connectivity index (χ3n) is 8.77. The molecule has 3 aromatic carbocycles. The van der Waals surface area contributed by atoms with E-state index in [-0.39, 0.29) is 29.1 Å². The average Bonchev–Trinajstić information content (AvgIpc) is 3.19. The van der Waals surface area contributed by atoms with Crippen molar-refractivity contribution in [2.24, 2.45) is 5.41 Å². The first-order valence-corrected chi connectivity index (χ1v) is 18.7. The zero-order valence-corrected chi connectivity index (χ0v) is 32.7. The molecule has 3 heterocycles. The van der Waals surface area contributed by atoms with Crippen LogP contribution in [0.2, 0.25) is 0 Å². The van der Waals surface area contributed by atoms with E-state index in [0.29, 0.717) is 5.75 Å². The number of carbonyl (C=O) groups is 3. The lowest BCUT2D eigenvalue weighted by Gasteiger charge is -2.28. The molecule has 0 radical (unpaired) electrons. The number of carbonyl (C=O) groups excluding carboxylic acids is 3. The molecule has 0 spiro atoms. The van der Waals surface area contributed by atoms with Crippen molar-refractivity contribution in [3.05, 3.63) is 166 Å². The Balaban J connectivity index is 1.12. The molecular formula is C44H31Br2N3O6. The Hall–Kier alpha value is -6.04. The van der Waals surface area contributed by atoms with E-state index in [1.54, 1.807) is 98.3 Å². The maximum absolute atomic E-state index is 13.9. The van der Waals surface area contributed by atoms with Crippen LogP contribution in [-0.4, -0.2) is 32.9 Å². The van der Waals surface area contributed by atoms with Gasteiger partial charge in [0.1, 0.15) is 17.2 Å². The second-order valence-electron chi connectivity index (χ2n) is 13.0. The fraction of sp³-hybridized carbons (Fsp3) is 0.0909. The van der Waals surface area contributed by atoms with Crippen molar-refractivity contribution in [2.75, 3.05) is 0 Å². The van der Waals surface area contributed by atoms with Gasteiger partial charge in [0, 0.05) is 49.8 Å². The minimum atomic E-state index is -1.44. The molecule has 7 rings (SSSR count). The third-order valence-corrected chi connectivity index (χ3v) is 9.71. The maximum atomic E-state index is 13.9. The highest BCUT2D eigenvalue weighted by molar-refractivity contribution is 9.10. The molecule has 0 aliphatic heterocycles. The molecule has 55 heavy (non-hydrogen) atoms. The summed E-state index contributed by atoms with van der Waals surface area (Å²) in [5.74, 6) is -1.33. The maximum Gasteiger partial charge on any atom is 0.343 e. The lowest BCUT2D eigenvalue weighted by Crippen LogP contribution is -2.35. The van der Waals surface area contributed by atoms with E-state index >= 15 is 0 Å². The van der Waals surface area contributed by atoms with Crippen molar-refractivity contribution in [2.45, 2.75) is 20.3 Å². The van der Waals surface area contributed by atoms with Gasteiger partial charge in [-0.3, -0.25) is 19.7 Å². The summed E-state index contributed by atoms with van der Waals surface area (Å²) in [6.45, 7) is 3.57. The number of pyridine rings is 3. The standard InChI is InChI=1S/C44H31Br2N3O6/c1-27-3-18-38(47-24-27)28-8-16-37(17-9-28)55-43(52)44(2)22-31(41(50)53-35-12-4-29(5-13-35)39-19-10-33(45)25-48-39)21-32(23-44)42(51)54-36-14-6-30(7-15-36)40-20-11-34(46)26-49-40/h3-22,24-26H,23H2,1-2H3. The minimum absolute atomic E-state index is 0.00578. The zero-order chi connectivity index (χ0) is 38.5.